The molecule has 3 atom stereocenters. The zero-order chi connectivity index (χ0) is 26.8. The summed E-state index contributed by atoms with van der Waals surface area (Å²) < 4.78 is 29.3. The van der Waals surface area contributed by atoms with Crippen LogP contribution in [0.3, 0.4) is 0 Å². The van der Waals surface area contributed by atoms with Crippen molar-refractivity contribution >= 4 is 27.2 Å². The van der Waals surface area contributed by atoms with E-state index < -0.39 is 10.0 Å². The number of carbonyl (C=O) groups is 1. The molecule has 0 radical (unpaired) electrons. The smallest absolute Gasteiger partial charge is 0.264 e. The Hall–Kier alpha value is -3.58. The normalized spacial score (nSPS) is 22.9. The minimum Gasteiger partial charge on any atom is -0.383 e. The summed E-state index contributed by atoms with van der Waals surface area (Å²) in [5.74, 6) is 0.171. The maximum absolute atomic E-state index is 13.9. The molecule has 2 aliphatic heterocycles. The van der Waals surface area contributed by atoms with E-state index >= 15 is 0 Å². The molecule has 3 aliphatic rings. The lowest BCUT2D eigenvalue weighted by molar-refractivity contribution is 0.0743. The van der Waals surface area contributed by atoms with Crippen LogP contribution in [-0.4, -0.2) is 48.7 Å². The molecule has 3 aromatic carbocycles. The minimum atomic E-state index is -3.74. The van der Waals surface area contributed by atoms with Crippen molar-refractivity contribution in [2.75, 3.05) is 18.4 Å². The third-order valence-corrected chi connectivity index (χ3v) is 10.3. The van der Waals surface area contributed by atoms with Gasteiger partial charge in [0.15, 0.2) is 0 Å². The molecule has 39 heavy (non-hydrogen) atoms. The summed E-state index contributed by atoms with van der Waals surface area (Å²) in [7, 11) is -3.74. The van der Waals surface area contributed by atoms with Crippen LogP contribution in [0.15, 0.2) is 96.0 Å². The van der Waals surface area contributed by atoms with Crippen molar-refractivity contribution in [3.05, 3.63) is 102 Å². The first kappa shape index (κ1) is 25.7. The average Bonchev–Trinajstić information content (AvgIpc) is 3.62. The predicted octanol–water partition coefficient (Wildman–Crippen LogP) is 6.01. The van der Waals surface area contributed by atoms with Gasteiger partial charge in [-0.1, -0.05) is 61.4 Å². The van der Waals surface area contributed by atoms with Crippen LogP contribution in [0.2, 0.25) is 0 Å². The molecule has 1 N–H and O–H groups in total. The lowest BCUT2D eigenvalue weighted by Gasteiger charge is -2.33. The predicted molar refractivity (Wildman–Crippen MR) is 155 cm³/mol. The van der Waals surface area contributed by atoms with Gasteiger partial charge in [-0.3, -0.25) is 9.10 Å². The Bertz CT molecular complexity index is 1440. The molecule has 1 saturated heterocycles. The molecule has 0 bridgehead atoms. The van der Waals surface area contributed by atoms with Gasteiger partial charge in [-0.25, -0.2) is 8.42 Å². The van der Waals surface area contributed by atoms with Crippen molar-refractivity contribution < 1.29 is 13.2 Å². The van der Waals surface area contributed by atoms with Gasteiger partial charge < -0.3 is 10.2 Å². The van der Waals surface area contributed by atoms with Crippen molar-refractivity contribution in [1.82, 2.24) is 9.21 Å². The number of nitrogens with zero attached hydrogens (tertiary/aromatic N) is 2. The fourth-order valence-corrected chi connectivity index (χ4v) is 8.02. The third kappa shape index (κ3) is 5.08. The second-order valence-electron chi connectivity index (χ2n) is 10.8. The van der Waals surface area contributed by atoms with Gasteiger partial charge in [0.2, 0.25) is 0 Å². The molecule has 2 fully saturated rings. The summed E-state index contributed by atoms with van der Waals surface area (Å²) in [6.45, 7) is 1.40. The van der Waals surface area contributed by atoms with Crippen LogP contribution in [0.5, 0.6) is 0 Å². The summed E-state index contributed by atoms with van der Waals surface area (Å²) in [5, 5.41) is 3.44. The number of fused-ring (bicyclic) bond motifs is 1. The second kappa shape index (κ2) is 10.9. The zero-order valence-corrected chi connectivity index (χ0v) is 22.9. The Morgan fingerprint density at radius 1 is 0.821 bits per heavy atom. The zero-order valence-electron chi connectivity index (χ0n) is 22.1. The first-order valence-electron chi connectivity index (χ1n) is 14.0. The molecule has 6 rings (SSSR count). The fraction of sp³-hybridized carbons (Fsp3) is 0.344. The average molecular weight is 542 g/mol. The highest BCUT2D eigenvalue weighted by molar-refractivity contribution is 7.89. The van der Waals surface area contributed by atoms with E-state index in [4.69, 9.17) is 0 Å². The van der Waals surface area contributed by atoms with Crippen LogP contribution in [-0.2, 0) is 10.0 Å². The van der Waals surface area contributed by atoms with Crippen molar-refractivity contribution in [2.24, 2.45) is 5.92 Å². The Kier molecular flexibility index (Phi) is 7.17. The number of anilines is 1. The van der Waals surface area contributed by atoms with Crippen molar-refractivity contribution in [1.29, 1.82) is 0 Å². The lowest BCUT2D eigenvalue weighted by atomic mass is 9.80. The van der Waals surface area contributed by atoms with Crippen molar-refractivity contribution in [2.45, 2.75) is 55.5 Å². The van der Waals surface area contributed by atoms with E-state index in [1.54, 1.807) is 28.6 Å². The number of carbonyl (C=O) groups excluding carboxylic acids is 1. The van der Waals surface area contributed by atoms with Gasteiger partial charge in [0.1, 0.15) is 0 Å². The number of likely N-dealkylation sites (tertiary alicyclic amines) is 1. The van der Waals surface area contributed by atoms with Gasteiger partial charge in [0.05, 0.1) is 10.9 Å². The number of para-hydroxylation sites is 1. The SMILES string of the molecule is O=C(c1ccc(S(=O)(=O)N2C=C(c3ccccc3)C3CCCC[C@H]32)cc1)N1CCCC1CNc1ccccc1. The maximum atomic E-state index is 13.9. The molecular weight excluding hydrogens is 506 g/mol. The van der Waals surface area contributed by atoms with E-state index in [-0.39, 0.29) is 28.8 Å². The van der Waals surface area contributed by atoms with E-state index in [0.717, 1.165) is 55.3 Å². The molecule has 1 aliphatic carbocycles. The number of benzene rings is 3. The van der Waals surface area contributed by atoms with Crippen LogP contribution in [0.1, 0.15) is 54.4 Å². The molecule has 7 heteroatoms. The monoisotopic (exact) mass is 541 g/mol. The highest BCUT2D eigenvalue weighted by Crippen LogP contribution is 2.45. The minimum absolute atomic E-state index is 0.0453. The third-order valence-electron chi connectivity index (χ3n) is 8.46. The second-order valence-corrected chi connectivity index (χ2v) is 12.7. The van der Waals surface area contributed by atoms with Gasteiger partial charge in [-0.2, -0.15) is 0 Å². The Labute approximate surface area is 231 Å². The summed E-state index contributed by atoms with van der Waals surface area (Å²) in [5.41, 5.74) is 3.77. The highest BCUT2D eigenvalue weighted by Gasteiger charge is 2.43. The quantitative estimate of drug-likeness (QED) is 0.398. The highest BCUT2D eigenvalue weighted by atomic mass is 32.2. The van der Waals surface area contributed by atoms with Gasteiger partial charge in [0.25, 0.3) is 15.9 Å². The van der Waals surface area contributed by atoms with Gasteiger partial charge in [-0.15, -0.1) is 0 Å². The van der Waals surface area contributed by atoms with E-state index in [1.807, 2.05) is 59.6 Å². The van der Waals surface area contributed by atoms with E-state index in [2.05, 4.69) is 17.4 Å². The number of sulfonamides is 1. The standard InChI is InChI=1S/C32H35N3O3S/c36-32(34-21-9-14-27(34)22-33-26-12-5-2-6-13-26)25-17-19-28(20-18-25)39(37,38)35-23-30(24-10-3-1-4-11-24)29-15-7-8-16-31(29)35/h1-6,10-13,17-20,23,27,29,31,33H,7-9,14-16,21-22H2/t27?,29?,31-/m1/s1. The number of hydrogen-bond donors (Lipinski definition) is 1. The first-order valence-corrected chi connectivity index (χ1v) is 15.5. The molecule has 0 spiro atoms. The maximum Gasteiger partial charge on any atom is 0.264 e. The number of hydrogen-bond acceptors (Lipinski definition) is 4. The molecular formula is C32H35N3O3S. The van der Waals surface area contributed by atoms with Crippen LogP contribution in [0.4, 0.5) is 5.69 Å². The number of amides is 1. The topological polar surface area (TPSA) is 69.7 Å². The fourth-order valence-electron chi connectivity index (χ4n) is 6.44. The van der Waals surface area contributed by atoms with Crippen LogP contribution in [0, 0.1) is 5.92 Å². The molecule has 3 aromatic rings. The number of rotatable bonds is 7. The van der Waals surface area contributed by atoms with E-state index in [0.29, 0.717) is 18.7 Å². The van der Waals surface area contributed by atoms with Gasteiger partial charge in [-0.05, 0) is 73.2 Å². The first-order chi connectivity index (χ1) is 19.0. The Balaban J connectivity index is 1.19. The molecule has 0 aromatic heterocycles. The van der Waals surface area contributed by atoms with Crippen LogP contribution in [0.25, 0.3) is 5.57 Å². The molecule has 2 unspecified atom stereocenters. The van der Waals surface area contributed by atoms with Crippen LogP contribution < -0.4 is 5.32 Å². The van der Waals surface area contributed by atoms with Crippen molar-refractivity contribution in [3.63, 3.8) is 0 Å². The molecule has 6 nitrogen and oxygen atoms in total. The Morgan fingerprint density at radius 2 is 1.51 bits per heavy atom. The van der Waals surface area contributed by atoms with E-state index in [1.165, 1.54) is 0 Å². The summed E-state index contributed by atoms with van der Waals surface area (Å²) in [6.07, 6.45) is 7.79. The molecule has 1 saturated carbocycles. The van der Waals surface area contributed by atoms with Crippen LogP contribution >= 0.6 is 0 Å². The van der Waals surface area contributed by atoms with Gasteiger partial charge in [0, 0.05) is 42.5 Å². The van der Waals surface area contributed by atoms with Crippen molar-refractivity contribution in [3.8, 4) is 0 Å². The summed E-state index contributed by atoms with van der Waals surface area (Å²) in [4.78, 5) is 15.6. The largest absolute Gasteiger partial charge is 0.383 e. The summed E-state index contributed by atoms with van der Waals surface area (Å²) in [6, 6.07) is 26.7. The summed E-state index contributed by atoms with van der Waals surface area (Å²) >= 11 is 0. The molecule has 2 heterocycles. The molecule has 202 valence electrons. The van der Waals surface area contributed by atoms with E-state index in [9.17, 15) is 13.2 Å². The Morgan fingerprint density at radius 3 is 2.26 bits per heavy atom. The lowest BCUT2D eigenvalue weighted by Crippen LogP contribution is -2.39. The van der Waals surface area contributed by atoms with Gasteiger partial charge >= 0.3 is 0 Å². The number of nitrogens with one attached hydrogen (secondary N) is 1. The molecule has 1 amide bonds.